The number of ether oxygens (including phenoxy) is 5. The SMILES string of the molecule is CC1(C)CNC[C@@]2(C)OCCOCCOCCOCCO[C@](C)(CNCC(C)(C)NC2=O)C(=O)N1. The van der Waals surface area contributed by atoms with Crippen molar-refractivity contribution in [1.29, 1.82) is 0 Å². The highest BCUT2D eigenvalue weighted by Crippen LogP contribution is 2.17. The molecular formula is C24H46N4O7. The third-order valence-corrected chi connectivity index (χ3v) is 5.96. The molecule has 0 radical (unpaired) electrons. The van der Waals surface area contributed by atoms with Gasteiger partial charge in [0, 0.05) is 37.3 Å². The fourth-order valence-corrected chi connectivity index (χ4v) is 3.78. The molecule has 0 spiro atoms. The first-order chi connectivity index (χ1) is 16.4. The smallest absolute Gasteiger partial charge is 0.253 e. The van der Waals surface area contributed by atoms with Crippen molar-refractivity contribution in [3.63, 3.8) is 0 Å². The highest BCUT2D eigenvalue weighted by molar-refractivity contribution is 5.86. The summed E-state index contributed by atoms with van der Waals surface area (Å²) in [7, 11) is 0. The molecule has 0 aromatic carbocycles. The Bertz CT molecular complexity index is 635. The molecule has 11 heteroatoms. The normalized spacial score (nSPS) is 33.1. The summed E-state index contributed by atoms with van der Waals surface area (Å²) in [6.45, 7) is 15.5. The average molecular weight is 503 g/mol. The Morgan fingerprint density at radius 2 is 0.829 bits per heavy atom. The largest absolute Gasteiger partial charge is 0.377 e. The van der Waals surface area contributed by atoms with E-state index in [-0.39, 0.29) is 38.1 Å². The molecule has 204 valence electrons. The van der Waals surface area contributed by atoms with Crippen molar-refractivity contribution < 1.29 is 33.3 Å². The molecule has 4 N–H and O–H groups in total. The quantitative estimate of drug-likeness (QED) is 0.327. The van der Waals surface area contributed by atoms with Crippen molar-refractivity contribution >= 4 is 11.8 Å². The van der Waals surface area contributed by atoms with Crippen LogP contribution in [0.3, 0.4) is 0 Å². The molecule has 2 atom stereocenters. The standard InChI is InChI=1S/C24H46N4O7/c1-21(2)15-25-17-24(6)20(30)28-22(3,4)16-26-18-23(5,19(29)27-21)34-13-11-32-9-7-31-8-10-33-12-14-35-24/h25-26H,7-18H2,1-6H3,(H,27,29)(H,28,30)/t23-,24-/m1/s1. The first-order valence-electron chi connectivity index (χ1n) is 12.5. The van der Waals surface area contributed by atoms with E-state index < -0.39 is 22.3 Å². The molecule has 3 aliphatic rings. The number of carbonyl (C=O) groups is 2. The fraction of sp³-hybridized carbons (Fsp3) is 0.917. The van der Waals surface area contributed by atoms with Crippen molar-refractivity contribution in [2.45, 2.75) is 63.8 Å². The van der Waals surface area contributed by atoms with Gasteiger partial charge >= 0.3 is 0 Å². The molecular weight excluding hydrogens is 456 g/mol. The van der Waals surface area contributed by atoms with Gasteiger partial charge in [0.05, 0.1) is 52.9 Å². The van der Waals surface area contributed by atoms with E-state index in [1.165, 1.54) is 0 Å². The van der Waals surface area contributed by atoms with E-state index in [2.05, 4.69) is 21.3 Å². The second kappa shape index (κ2) is 13.3. The molecule has 35 heavy (non-hydrogen) atoms. The van der Waals surface area contributed by atoms with Crippen LogP contribution in [0.15, 0.2) is 0 Å². The van der Waals surface area contributed by atoms with Crippen LogP contribution in [0.25, 0.3) is 0 Å². The van der Waals surface area contributed by atoms with E-state index in [1.54, 1.807) is 13.8 Å². The summed E-state index contributed by atoms with van der Waals surface area (Å²) in [6.07, 6.45) is 0. The summed E-state index contributed by atoms with van der Waals surface area (Å²) >= 11 is 0. The predicted octanol–water partition coefficient (Wildman–Crippen LogP) is -0.417. The molecule has 11 nitrogen and oxygen atoms in total. The van der Waals surface area contributed by atoms with Gasteiger partial charge in [-0.2, -0.15) is 0 Å². The zero-order chi connectivity index (χ0) is 26.0. The van der Waals surface area contributed by atoms with E-state index in [1.807, 2.05) is 27.7 Å². The molecule has 3 aliphatic heterocycles. The van der Waals surface area contributed by atoms with Crippen LogP contribution in [0, 0.1) is 0 Å². The van der Waals surface area contributed by atoms with Gasteiger partial charge in [0.25, 0.3) is 11.8 Å². The minimum Gasteiger partial charge on any atom is -0.377 e. The second-order valence-electron chi connectivity index (χ2n) is 10.9. The van der Waals surface area contributed by atoms with Crippen molar-refractivity contribution in [3.05, 3.63) is 0 Å². The molecule has 3 heterocycles. The van der Waals surface area contributed by atoms with Crippen LogP contribution in [0.1, 0.15) is 41.5 Å². The molecule has 0 aromatic rings. The highest BCUT2D eigenvalue weighted by Gasteiger charge is 2.41. The molecule has 0 aromatic heterocycles. The van der Waals surface area contributed by atoms with Crippen LogP contribution in [-0.2, 0) is 33.3 Å². The van der Waals surface area contributed by atoms with Gasteiger partial charge in [-0.3, -0.25) is 9.59 Å². The van der Waals surface area contributed by atoms with Gasteiger partial charge in [0.2, 0.25) is 0 Å². The van der Waals surface area contributed by atoms with Crippen LogP contribution in [0.2, 0.25) is 0 Å². The molecule has 2 amide bonds. The minimum absolute atomic E-state index is 0.221. The van der Waals surface area contributed by atoms with Gasteiger partial charge < -0.3 is 45.0 Å². The Balaban J connectivity index is 2.29. The van der Waals surface area contributed by atoms with Gasteiger partial charge in [-0.25, -0.2) is 0 Å². The zero-order valence-electron chi connectivity index (χ0n) is 22.3. The lowest BCUT2D eigenvalue weighted by atomic mass is 9.97. The van der Waals surface area contributed by atoms with E-state index in [9.17, 15) is 9.59 Å². The first-order valence-corrected chi connectivity index (χ1v) is 12.5. The van der Waals surface area contributed by atoms with Crippen LogP contribution in [0.5, 0.6) is 0 Å². The summed E-state index contributed by atoms with van der Waals surface area (Å²) in [6, 6.07) is 0. The van der Waals surface area contributed by atoms with Crippen molar-refractivity contribution in [3.8, 4) is 0 Å². The van der Waals surface area contributed by atoms with E-state index in [0.717, 1.165) is 0 Å². The lowest BCUT2D eigenvalue weighted by Crippen LogP contribution is -2.65. The molecule has 2 bridgehead atoms. The van der Waals surface area contributed by atoms with Crippen molar-refractivity contribution in [1.82, 2.24) is 21.3 Å². The van der Waals surface area contributed by atoms with Gasteiger partial charge in [0.15, 0.2) is 11.2 Å². The second-order valence-corrected chi connectivity index (χ2v) is 10.9. The predicted molar refractivity (Wildman–Crippen MR) is 131 cm³/mol. The molecule has 0 saturated carbocycles. The topological polar surface area (TPSA) is 128 Å². The summed E-state index contributed by atoms with van der Waals surface area (Å²) in [5, 5.41) is 12.8. The zero-order valence-corrected chi connectivity index (χ0v) is 22.3. The number of fused-ring (bicyclic) bond motifs is 22. The lowest BCUT2D eigenvalue weighted by Gasteiger charge is -2.39. The van der Waals surface area contributed by atoms with Crippen LogP contribution >= 0.6 is 0 Å². The Labute approximate surface area is 209 Å². The van der Waals surface area contributed by atoms with E-state index in [4.69, 9.17) is 23.7 Å². The maximum Gasteiger partial charge on any atom is 0.253 e. The molecule has 3 rings (SSSR count). The van der Waals surface area contributed by atoms with Crippen molar-refractivity contribution in [2.24, 2.45) is 0 Å². The summed E-state index contributed by atoms with van der Waals surface area (Å²) in [5.41, 5.74) is -3.46. The summed E-state index contributed by atoms with van der Waals surface area (Å²) in [4.78, 5) is 26.7. The Morgan fingerprint density at radius 3 is 1.17 bits per heavy atom. The first kappa shape index (κ1) is 29.9. The number of rotatable bonds is 0. The monoisotopic (exact) mass is 502 g/mol. The third-order valence-electron chi connectivity index (χ3n) is 5.96. The number of nitrogens with one attached hydrogen (secondary N) is 4. The lowest BCUT2D eigenvalue weighted by molar-refractivity contribution is -0.150. The number of hydrogen-bond donors (Lipinski definition) is 4. The minimum atomic E-state index is -1.13. The fourth-order valence-electron chi connectivity index (χ4n) is 3.78. The Hall–Kier alpha value is -1.34. The Morgan fingerprint density at radius 1 is 0.514 bits per heavy atom. The number of hydrogen-bond acceptors (Lipinski definition) is 9. The number of carbonyl (C=O) groups excluding carboxylic acids is 2. The summed E-state index contributed by atoms with van der Waals surface area (Å²) in [5.74, 6) is -0.442. The average Bonchev–Trinajstić information content (AvgIpc) is 2.74. The van der Waals surface area contributed by atoms with Gasteiger partial charge in [-0.15, -0.1) is 0 Å². The maximum absolute atomic E-state index is 13.3. The van der Waals surface area contributed by atoms with E-state index >= 15 is 0 Å². The number of amides is 2. The van der Waals surface area contributed by atoms with Gasteiger partial charge in [-0.05, 0) is 41.5 Å². The maximum atomic E-state index is 13.3. The molecule has 3 fully saturated rings. The van der Waals surface area contributed by atoms with Crippen molar-refractivity contribution in [2.75, 3.05) is 79.0 Å². The summed E-state index contributed by atoms with van der Waals surface area (Å²) < 4.78 is 28.8. The van der Waals surface area contributed by atoms with Gasteiger partial charge in [0.1, 0.15) is 0 Å². The van der Waals surface area contributed by atoms with E-state index in [0.29, 0.717) is 52.7 Å². The molecule has 0 aliphatic carbocycles. The van der Waals surface area contributed by atoms with Crippen LogP contribution < -0.4 is 21.3 Å². The highest BCUT2D eigenvalue weighted by atomic mass is 16.6. The molecule has 3 saturated heterocycles. The third kappa shape index (κ3) is 10.3. The molecule has 0 unspecified atom stereocenters. The van der Waals surface area contributed by atoms with Crippen LogP contribution in [0.4, 0.5) is 0 Å². The van der Waals surface area contributed by atoms with Crippen LogP contribution in [-0.4, -0.2) is 113 Å². The Kier molecular flexibility index (Phi) is 11.3. The van der Waals surface area contributed by atoms with Gasteiger partial charge in [-0.1, -0.05) is 0 Å².